The van der Waals surface area contributed by atoms with Gasteiger partial charge in [-0.05, 0) is 26.0 Å². The first kappa shape index (κ1) is 18.7. The Hall–Kier alpha value is -2.66. The van der Waals surface area contributed by atoms with E-state index < -0.39 is 11.9 Å². The molecule has 1 aliphatic rings. The molecular formula is C17H17BrN2O5. The summed E-state index contributed by atoms with van der Waals surface area (Å²) in [6.45, 7) is 3.37. The van der Waals surface area contributed by atoms with Gasteiger partial charge in [-0.25, -0.2) is 4.79 Å². The van der Waals surface area contributed by atoms with Gasteiger partial charge in [-0.15, -0.1) is 0 Å². The highest BCUT2D eigenvalue weighted by molar-refractivity contribution is 9.10. The fourth-order valence-corrected chi connectivity index (χ4v) is 3.09. The summed E-state index contributed by atoms with van der Waals surface area (Å²) in [5.74, 6) is -1.53. The van der Waals surface area contributed by atoms with Crippen molar-refractivity contribution in [1.29, 1.82) is 5.26 Å². The summed E-state index contributed by atoms with van der Waals surface area (Å²) < 4.78 is 16.2. The van der Waals surface area contributed by atoms with Crippen molar-refractivity contribution in [3.05, 3.63) is 45.0 Å². The summed E-state index contributed by atoms with van der Waals surface area (Å²) in [6.07, 6.45) is 0. The lowest BCUT2D eigenvalue weighted by Crippen LogP contribution is -2.25. The molecule has 0 bridgehead atoms. The van der Waals surface area contributed by atoms with Gasteiger partial charge in [-0.3, -0.25) is 0 Å². The molecule has 2 rings (SSSR count). The van der Waals surface area contributed by atoms with E-state index in [1.54, 1.807) is 26.0 Å². The van der Waals surface area contributed by atoms with Crippen LogP contribution < -0.4 is 10.5 Å². The normalized spacial score (nSPS) is 17.0. The van der Waals surface area contributed by atoms with Crippen molar-refractivity contribution < 1.29 is 24.1 Å². The van der Waals surface area contributed by atoms with E-state index >= 15 is 0 Å². The minimum atomic E-state index is -0.941. The Labute approximate surface area is 153 Å². The van der Waals surface area contributed by atoms with Crippen LogP contribution in [0.4, 0.5) is 0 Å². The van der Waals surface area contributed by atoms with Crippen LogP contribution >= 0.6 is 15.9 Å². The van der Waals surface area contributed by atoms with Crippen LogP contribution in [-0.2, 0) is 14.3 Å². The number of nitrogens with two attached hydrogens (primary N) is 1. The lowest BCUT2D eigenvalue weighted by atomic mass is 9.82. The monoisotopic (exact) mass is 408 g/mol. The number of nitrogens with zero attached hydrogens (tertiary/aromatic N) is 1. The number of phenols is 1. The number of methoxy groups -OCH3 is 1. The molecule has 0 aromatic heterocycles. The topological polar surface area (TPSA) is 115 Å². The van der Waals surface area contributed by atoms with E-state index in [0.717, 1.165) is 0 Å². The zero-order valence-electron chi connectivity index (χ0n) is 13.9. The molecule has 7 nitrogen and oxygen atoms in total. The Morgan fingerprint density at radius 3 is 2.76 bits per heavy atom. The Morgan fingerprint density at radius 1 is 1.52 bits per heavy atom. The molecule has 0 aliphatic carbocycles. The Morgan fingerprint density at radius 2 is 2.20 bits per heavy atom. The maximum absolute atomic E-state index is 12.5. The predicted octanol–water partition coefficient (Wildman–Crippen LogP) is 2.81. The number of halogens is 1. The number of hydrogen-bond donors (Lipinski definition) is 2. The van der Waals surface area contributed by atoms with Gasteiger partial charge < -0.3 is 25.1 Å². The number of nitriles is 1. The molecule has 1 aromatic rings. The highest BCUT2D eigenvalue weighted by atomic mass is 79.9. The number of phenolic OH excluding ortho intramolecular Hbond substituents is 1. The minimum absolute atomic E-state index is 0.00380. The van der Waals surface area contributed by atoms with E-state index in [2.05, 4.69) is 15.9 Å². The van der Waals surface area contributed by atoms with E-state index in [9.17, 15) is 15.2 Å². The average molecular weight is 409 g/mol. The predicted molar refractivity (Wildman–Crippen MR) is 92.3 cm³/mol. The van der Waals surface area contributed by atoms with Crippen LogP contribution in [0.3, 0.4) is 0 Å². The Bertz CT molecular complexity index is 823. The van der Waals surface area contributed by atoms with Crippen LogP contribution in [0.1, 0.15) is 25.3 Å². The molecule has 8 heteroatoms. The van der Waals surface area contributed by atoms with Gasteiger partial charge in [0.1, 0.15) is 17.4 Å². The molecular weight excluding hydrogens is 392 g/mol. The first-order valence-electron chi connectivity index (χ1n) is 7.37. The summed E-state index contributed by atoms with van der Waals surface area (Å²) >= 11 is 3.33. The second-order valence-corrected chi connectivity index (χ2v) is 6.08. The third-order valence-corrected chi connectivity index (χ3v) is 4.16. The molecule has 1 unspecified atom stereocenters. The maximum atomic E-state index is 12.5. The first-order chi connectivity index (χ1) is 11.8. The highest BCUT2D eigenvalue weighted by Gasteiger charge is 2.38. The number of rotatable bonds is 4. The number of ether oxygens (including phenoxy) is 3. The molecule has 0 saturated heterocycles. The van der Waals surface area contributed by atoms with Crippen LogP contribution in [0.15, 0.2) is 39.4 Å². The molecule has 0 fully saturated rings. The van der Waals surface area contributed by atoms with Crippen LogP contribution in [0, 0.1) is 11.3 Å². The molecule has 1 heterocycles. The van der Waals surface area contributed by atoms with Gasteiger partial charge in [0.15, 0.2) is 11.5 Å². The zero-order chi connectivity index (χ0) is 18.7. The van der Waals surface area contributed by atoms with E-state index in [4.69, 9.17) is 19.9 Å². The SMILES string of the molecule is CCOC(=O)C1=C(C)OC(N)=C(C#N)C1c1cc(Br)cc(OC)c1O. The molecule has 1 aliphatic heterocycles. The van der Waals surface area contributed by atoms with E-state index in [1.807, 2.05) is 6.07 Å². The zero-order valence-corrected chi connectivity index (χ0v) is 15.5. The summed E-state index contributed by atoms with van der Waals surface area (Å²) in [6, 6.07) is 5.11. The second kappa shape index (κ2) is 7.49. The number of allylic oxidation sites excluding steroid dienone is 2. The Balaban J connectivity index is 2.76. The van der Waals surface area contributed by atoms with E-state index in [1.165, 1.54) is 7.11 Å². The van der Waals surface area contributed by atoms with Gasteiger partial charge in [0.25, 0.3) is 0 Å². The maximum Gasteiger partial charge on any atom is 0.338 e. The smallest absolute Gasteiger partial charge is 0.338 e. The molecule has 0 saturated carbocycles. The molecule has 1 atom stereocenters. The number of esters is 1. The van der Waals surface area contributed by atoms with E-state index in [-0.39, 0.29) is 46.5 Å². The number of hydrogen-bond acceptors (Lipinski definition) is 7. The highest BCUT2D eigenvalue weighted by Crippen LogP contribution is 2.46. The van der Waals surface area contributed by atoms with Crippen molar-refractivity contribution in [3.63, 3.8) is 0 Å². The molecule has 132 valence electrons. The molecule has 25 heavy (non-hydrogen) atoms. The molecule has 0 radical (unpaired) electrons. The van der Waals surface area contributed by atoms with Crippen molar-refractivity contribution in [3.8, 4) is 17.6 Å². The molecule has 3 N–H and O–H groups in total. The summed E-state index contributed by atoms with van der Waals surface area (Å²) in [7, 11) is 1.40. The van der Waals surface area contributed by atoms with Crippen molar-refractivity contribution >= 4 is 21.9 Å². The van der Waals surface area contributed by atoms with E-state index in [0.29, 0.717) is 4.47 Å². The molecule has 1 aromatic carbocycles. The number of carbonyl (C=O) groups excluding carboxylic acids is 1. The first-order valence-corrected chi connectivity index (χ1v) is 8.16. The fourth-order valence-electron chi connectivity index (χ4n) is 2.64. The van der Waals surface area contributed by atoms with Crippen molar-refractivity contribution in [2.24, 2.45) is 5.73 Å². The number of carbonyl (C=O) groups is 1. The van der Waals surface area contributed by atoms with Gasteiger partial charge >= 0.3 is 5.97 Å². The number of aromatic hydroxyl groups is 1. The van der Waals surface area contributed by atoms with Crippen LogP contribution in [0.25, 0.3) is 0 Å². The summed E-state index contributed by atoms with van der Waals surface area (Å²) in [5.41, 5.74) is 6.21. The second-order valence-electron chi connectivity index (χ2n) is 5.16. The third-order valence-electron chi connectivity index (χ3n) is 3.70. The van der Waals surface area contributed by atoms with Gasteiger partial charge in [0.05, 0.1) is 25.2 Å². The standard InChI is InChI=1S/C17H17BrN2O5/c1-4-24-17(22)13-8(2)25-16(20)11(7-19)14(13)10-5-9(18)6-12(23-3)15(10)21/h5-6,14,21H,4,20H2,1-3H3. The quantitative estimate of drug-likeness (QED) is 0.735. The molecule has 0 spiro atoms. The number of benzene rings is 1. The molecule has 0 amide bonds. The van der Waals surface area contributed by atoms with Gasteiger partial charge in [-0.2, -0.15) is 5.26 Å². The third kappa shape index (κ3) is 3.42. The summed E-state index contributed by atoms with van der Waals surface area (Å²) in [5, 5.41) is 20.1. The summed E-state index contributed by atoms with van der Waals surface area (Å²) in [4.78, 5) is 12.5. The van der Waals surface area contributed by atoms with Crippen molar-refractivity contribution in [2.75, 3.05) is 13.7 Å². The van der Waals surface area contributed by atoms with Crippen LogP contribution in [-0.4, -0.2) is 24.8 Å². The Kier molecular flexibility index (Phi) is 5.59. The van der Waals surface area contributed by atoms with Crippen molar-refractivity contribution in [1.82, 2.24) is 0 Å². The largest absolute Gasteiger partial charge is 0.504 e. The van der Waals surface area contributed by atoms with Gasteiger partial charge in [0, 0.05) is 10.0 Å². The van der Waals surface area contributed by atoms with Gasteiger partial charge in [-0.1, -0.05) is 15.9 Å². The fraction of sp³-hybridized carbons (Fsp3) is 0.294. The minimum Gasteiger partial charge on any atom is -0.504 e. The lowest BCUT2D eigenvalue weighted by molar-refractivity contribution is -0.139. The van der Waals surface area contributed by atoms with Crippen molar-refractivity contribution in [2.45, 2.75) is 19.8 Å². The lowest BCUT2D eigenvalue weighted by Gasteiger charge is -2.27. The van der Waals surface area contributed by atoms with Crippen LogP contribution in [0.5, 0.6) is 11.5 Å². The average Bonchev–Trinajstić information content (AvgIpc) is 2.56. The van der Waals surface area contributed by atoms with Gasteiger partial charge in [0.2, 0.25) is 5.88 Å². The van der Waals surface area contributed by atoms with Crippen LogP contribution in [0.2, 0.25) is 0 Å².